The molecule has 4 heteroatoms. The van der Waals surface area contributed by atoms with Gasteiger partial charge in [-0.3, -0.25) is 4.79 Å². The van der Waals surface area contributed by atoms with E-state index in [4.69, 9.17) is 10.00 Å². The fraction of sp³-hybridized carbons (Fsp3) is 0.529. The Bertz CT molecular complexity index is 519. The monoisotopic (exact) mass is 286 g/mol. The second-order valence-corrected chi connectivity index (χ2v) is 5.76. The number of likely N-dealkylation sites (N-methyl/N-ethyl adjacent to an activating group) is 1. The van der Waals surface area contributed by atoms with Crippen LogP contribution in [0.2, 0.25) is 0 Å². The molecule has 1 aromatic rings. The molecule has 0 aromatic heterocycles. The van der Waals surface area contributed by atoms with E-state index in [0.717, 1.165) is 6.42 Å². The Morgan fingerprint density at radius 1 is 1.33 bits per heavy atom. The smallest absolute Gasteiger partial charge is 0.260 e. The van der Waals surface area contributed by atoms with Crippen molar-refractivity contribution in [3.63, 3.8) is 0 Å². The summed E-state index contributed by atoms with van der Waals surface area (Å²) >= 11 is 0. The van der Waals surface area contributed by atoms with Crippen LogP contribution in [0.15, 0.2) is 24.3 Å². The highest BCUT2D eigenvalue weighted by Crippen LogP contribution is 2.27. The number of hydrogen-bond acceptors (Lipinski definition) is 3. The molecule has 1 aliphatic carbocycles. The van der Waals surface area contributed by atoms with Gasteiger partial charge in [0.15, 0.2) is 6.61 Å². The summed E-state index contributed by atoms with van der Waals surface area (Å²) < 4.78 is 5.51. The third-order valence-electron chi connectivity index (χ3n) is 4.30. The molecule has 0 radical (unpaired) electrons. The predicted octanol–water partition coefficient (Wildman–Crippen LogP) is 2.97. The molecule has 2 rings (SSSR count). The number of carbonyl (C=O) groups excluding carboxylic acids is 1. The van der Waals surface area contributed by atoms with Crippen molar-refractivity contribution in [1.29, 1.82) is 5.26 Å². The Kier molecular flexibility index (Phi) is 5.21. The maximum absolute atomic E-state index is 12.2. The summed E-state index contributed by atoms with van der Waals surface area (Å²) in [4.78, 5) is 14.1. The van der Waals surface area contributed by atoms with Gasteiger partial charge < -0.3 is 9.64 Å². The van der Waals surface area contributed by atoms with Gasteiger partial charge in [-0.1, -0.05) is 19.8 Å². The summed E-state index contributed by atoms with van der Waals surface area (Å²) in [6.45, 7) is 2.26. The highest BCUT2D eigenvalue weighted by atomic mass is 16.5. The van der Waals surface area contributed by atoms with Gasteiger partial charge in [-0.05, 0) is 43.0 Å². The Hall–Kier alpha value is -2.02. The first-order valence-corrected chi connectivity index (χ1v) is 7.50. The van der Waals surface area contributed by atoms with Crippen LogP contribution in [0.25, 0.3) is 0 Å². The zero-order chi connectivity index (χ0) is 15.2. The fourth-order valence-corrected chi connectivity index (χ4v) is 2.93. The summed E-state index contributed by atoms with van der Waals surface area (Å²) in [5.41, 5.74) is 0.585. The lowest BCUT2D eigenvalue weighted by Gasteiger charge is -2.36. The van der Waals surface area contributed by atoms with Gasteiger partial charge in [-0.25, -0.2) is 0 Å². The topological polar surface area (TPSA) is 53.3 Å². The van der Waals surface area contributed by atoms with Crippen molar-refractivity contribution >= 4 is 5.91 Å². The molecule has 112 valence electrons. The van der Waals surface area contributed by atoms with E-state index in [1.807, 2.05) is 11.9 Å². The normalized spacial score (nSPS) is 21.4. The molecule has 2 atom stereocenters. The van der Waals surface area contributed by atoms with Crippen molar-refractivity contribution in [2.75, 3.05) is 13.7 Å². The molecule has 0 heterocycles. The van der Waals surface area contributed by atoms with Crippen LogP contribution < -0.4 is 4.74 Å². The number of carbonyl (C=O) groups is 1. The zero-order valence-electron chi connectivity index (χ0n) is 12.7. The molecule has 1 amide bonds. The first kappa shape index (κ1) is 15.4. The van der Waals surface area contributed by atoms with E-state index in [0.29, 0.717) is 23.3 Å². The second-order valence-electron chi connectivity index (χ2n) is 5.76. The van der Waals surface area contributed by atoms with Crippen LogP contribution in [0.4, 0.5) is 0 Å². The third kappa shape index (κ3) is 3.98. The molecule has 0 N–H and O–H groups in total. The van der Waals surface area contributed by atoms with Crippen molar-refractivity contribution in [2.24, 2.45) is 5.92 Å². The van der Waals surface area contributed by atoms with Gasteiger partial charge >= 0.3 is 0 Å². The number of ether oxygens (including phenoxy) is 1. The van der Waals surface area contributed by atoms with Crippen molar-refractivity contribution in [3.05, 3.63) is 29.8 Å². The van der Waals surface area contributed by atoms with Gasteiger partial charge in [0, 0.05) is 13.1 Å². The van der Waals surface area contributed by atoms with Crippen LogP contribution in [-0.2, 0) is 4.79 Å². The standard InChI is InChI=1S/C17H22N2O2/c1-13-5-3-4-6-16(13)19(2)17(20)12-21-15-9-7-14(11-18)8-10-15/h7-10,13,16H,3-6,12H2,1-2H3. The van der Waals surface area contributed by atoms with Crippen molar-refractivity contribution in [2.45, 2.75) is 38.6 Å². The summed E-state index contributed by atoms with van der Waals surface area (Å²) in [5.74, 6) is 1.19. The summed E-state index contributed by atoms with van der Waals surface area (Å²) in [5, 5.41) is 8.74. The average Bonchev–Trinajstić information content (AvgIpc) is 2.53. The lowest BCUT2D eigenvalue weighted by Crippen LogP contribution is -2.44. The maximum atomic E-state index is 12.2. The third-order valence-corrected chi connectivity index (χ3v) is 4.30. The maximum Gasteiger partial charge on any atom is 0.260 e. The molecule has 21 heavy (non-hydrogen) atoms. The van der Waals surface area contributed by atoms with Crippen LogP contribution in [0.5, 0.6) is 5.75 Å². The van der Waals surface area contributed by atoms with Crippen LogP contribution >= 0.6 is 0 Å². The summed E-state index contributed by atoms with van der Waals surface area (Å²) in [7, 11) is 1.87. The molecule has 1 fully saturated rings. The first-order chi connectivity index (χ1) is 10.1. The van der Waals surface area contributed by atoms with Gasteiger partial charge in [-0.15, -0.1) is 0 Å². The van der Waals surface area contributed by atoms with E-state index in [-0.39, 0.29) is 12.5 Å². The predicted molar refractivity (Wildman–Crippen MR) is 80.8 cm³/mol. The van der Waals surface area contributed by atoms with Gasteiger partial charge in [0.25, 0.3) is 5.91 Å². The van der Waals surface area contributed by atoms with Crippen LogP contribution in [0, 0.1) is 17.2 Å². The van der Waals surface area contributed by atoms with Crippen LogP contribution in [0.3, 0.4) is 0 Å². The Morgan fingerprint density at radius 3 is 2.62 bits per heavy atom. The number of amides is 1. The highest BCUT2D eigenvalue weighted by molar-refractivity contribution is 5.77. The molecular formula is C17H22N2O2. The quantitative estimate of drug-likeness (QED) is 0.855. The zero-order valence-corrected chi connectivity index (χ0v) is 12.7. The average molecular weight is 286 g/mol. The van der Waals surface area contributed by atoms with E-state index in [2.05, 4.69) is 13.0 Å². The van der Waals surface area contributed by atoms with Gasteiger partial charge in [0.05, 0.1) is 11.6 Å². The minimum atomic E-state index is 0.0121. The summed E-state index contributed by atoms with van der Waals surface area (Å²) in [6.07, 6.45) is 4.74. The van der Waals surface area contributed by atoms with Gasteiger partial charge in [0.1, 0.15) is 5.75 Å². The van der Waals surface area contributed by atoms with Gasteiger partial charge in [-0.2, -0.15) is 5.26 Å². The van der Waals surface area contributed by atoms with Crippen molar-refractivity contribution in [3.8, 4) is 11.8 Å². The number of nitrogens with zero attached hydrogens (tertiary/aromatic N) is 2. The largest absolute Gasteiger partial charge is 0.484 e. The first-order valence-electron chi connectivity index (χ1n) is 7.50. The molecule has 0 saturated heterocycles. The van der Waals surface area contributed by atoms with E-state index >= 15 is 0 Å². The Morgan fingerprint density at radius 2 is 2.00 bits per heavy atom. The second kappa shape index (κ2) is 7.12. The molecular weight excluding hydrogens is 264 g/mol. The lowest BCUT2D eigenvalue weighted by atomic mass is 9.85. The molecule has 2 unspecified atom stereocenters. The Balaban J connectivity index is 1.87. The Labute approximate surface area is 126 Å². The minimum Gasteiger partial charge on any atom is -0.484 e. The van der Waals surface area contributed by atoms with Crippen molar-refractivity contribution in [1.82, 2.24) is 4.90 Å². The molecule has 4 nitrogen and oxygen atoms in total. The lowest BCUT2D eigenvalue weighted by molar-refractivity contribution is -0.135. The number of hydrogen-bond donors (Lipinski definition) is 0. The number of nitriles is 1. The van der Waals surface area contributed by atoms with Gasteiger partial charge in [0.2, 0.25) is 0 Å². The molecule has 0 spiro atoms. The molecule has 1 aliphatic rings. The minimum absolute atomic E-state index is 0.0121. The highest BCUT2D eigenvalue weighted by Gasteiger charge is 2.27. The van der Waals surface area contributed by atoms with E-state index in [1.54, 1.807) is 24.3 Å². The van der Waals surface area contributed by atoms with E-state index in [1.165, 1.54) is 19.3 Å². The molecule has 1 saturated carbocycles. The molecule has 0 bridgehead atoms. The molecule has 0 aliphatic heterocycles. The van der Waals surface area contributed by atoms with Crippen molar-refractivity contribution < 1.29 is 9.53 Å². The van der Waals surface area contributed by atoms with E-state index < -0.39 is 0 Å². The summed E-state index contributed by atoms with van der Waals surface area (Å²) in [6, 6.07) is 9.19. The fourth-order valence-electron chi connectivity index (χ4n) is 2.93. The molecule has 1 aromatic carbocycles. The SMILES string of the molecule is CC1CCCCC1N(C)C(=O)COc1ccc(C#N)cc1. The number of rotatable bonds is 4. The van der Waals surface area contributed by atoms with Crippen LogP contribution in [0.1, 0.15) is 38.2 Å². The van der Waals surface area contributed by atoms with E-state index in [9.17, 15) is 4.79 Å². The number of benzene rings is 1. The van der Waals surface area contributed by atoms with Crippen LogP contribution in [-0.4, -0.2) is 30.5 Å².